The highest BCUT2D eigenvalue weighted by Crippen LogP contribution is 2.34. The first-order valence-corrected chi connectivity index (χ1v) is 9.53. The summed E-state index contributed by atoms with van der Waals surface area (Å²) in [6.07, 6.45) is 3.03. The van der Waals surface area contributed by atoms with E-state index in [0.717, 1.165) is 18.4 Å². The summed E-state index contributed by atoms with van der Waals surface area (Å²) in [7, 11) is 1.76. The lowest BCUT2D eigenvalue weighted by molar-refractivity contribution is -0.145. The van der Waals surface area contributed by atoms with Crippen molar-refractivity contribution in [3.05, 3.63) is 35.4 Å². The number of amides is 2. The molecule has 1 aliphatic carbocycles. The maximum Gasteiger partial charge on any atom is 0.308 e. The first-order chi connectivity index (χ1) is 12.6. The largest absolute Gasteiger partial charge is 0.481 e. The van der Waals surface area contributed by atoms with E-state index in [2.05, 4.69) is 5.32 Å². The van der Waals surface area contributed by atoms with Gasteiger partial charge < -0.3 is 15.3 Å². The van der Waals surface area contributed by atoms with Gasteiger partial charge in [-0.3, -0.25) is 14.4 Å². The minimum atomic E-state index is -0.856. The Bertz CT molecular complexity index is 699. The molecule has 0 bridgehead atoms. The van der Waals surface area contributed by atoms with Gasteiger partial charge in [-0.15, -0.1) is 0 Å². The van der Waals surface area contributed by atoms with Gasteiger partial charge in [-0.05, 0) is 37.5 Å². The summed E-state index contributed by atoms with van der Waals surface area (Å²) in [5, 5.41) is 12.4. The van der Waals surface area contributed by atoms with Gasteiger partial charge in [0.2, 0.25) is 5.91 Å². The molecule has 1 aromatic carbocycles. The summed E-state index contributed by atoms with van der Waals surface area (Å²) >= 11 is 0. The van der Waals surface area contributed by atoms with Crippen LogP contribution in [0.4, 0.5) is 0 Å². The third-order valence-corrected chi connectivity index (χ3v) is 5.41. The van der Waals surface area contributed by atoms with Gasteiger partial charge in [-0.25, -0.2) is 0 Å². The lowest BCUT2D eigenvalue weighted by Crippen LogP contribution is -2.55. The smallest absolute Gasteiger partial charge is 0.308 e. The summed E-state index contributed by atoms with van der Waals surface area (Å²) in [6, 6.07) is 7.11. The van der Waals surface area contributed by atoms with Gasteiger partial charge in [0, 0.05) is 25.1 Å². The second-order valence-electron chi connectivity index (χ2n) is 8.05. The van der Waals surface area contributed by atoms with E-state index >= 15 is 0 Å². The third kappa shape index (κ3) is 5.08. The van der Waals surface area contributed by atoms with Crippen LogP contribution >= 0.6 is 0 Å². The van der Waals surface area contributed by atoms with Crippen LogP contribution in [-0.4, -0.2) is 40.4 Å². The van der Waals surface area contributed by atoms with Crippen molar-refractivity contribution >= 4 is 17.8 Å². The van der Waals surface area contributed by atoms with Crippen molar-refractivity contribution in [3.63, 3.8) is 0 Å². The summed E-state index contributed by atoms with van der Waals surface area (Å²) < 4.78 is 0. The summed E-state index contributed by atoms with van der Waals surface area (Å²) in [5.74, 6) is -1.67. The van der Waals surface area contributed by atoms with Gasteiger partial charge in [0.25, 0.3) is 5.91 Å². The molecule has 0 saturated heterocycles. The van der Waals surface area contributed by atoms with Crippen LogP contribution in [0.15, 0.2) is 24.3 Å². The van der Waals surface area contributed by atoms with Gasteiger partial charge in [0.05, 0.1) is 11.5 Å². The van der Waals surface area contributed by atoms with E-state index in [1.54, 1.807) is 24.1 Å². The standard InChI is InChI=1S/C21H30N2O4/c1-14(2)19(25)23(4)13-15-8-10-16(11-9-15)18(24)22-21(3)12-6-5-7-17(21)20(26)27/h8-11,14,17H,5-7,12-13H2,1-4H3,(H,22,24)(H,26,27). The molecule has 2 amide bonds. The predicted octanol–water partition coefficient (Wildman–Crippen LogP) is 3.06. The molecular formula is C21H30N2O4. The van der Waals surface area contributed by atoms with Crippen molar-refractivity contribution in [1.29, 1.82) is 0 Å². The molecule has 0 radical (unpaired) electrons. The average molecular weight is 374 g/mol. The van der Waals surface area contributed by atoms with Crippen LogP contribution in [-0.2, 0) is 16.1 Å². The number of carboxylic acid groups (broad SMARTS) is 1. The minimum Gasteiger partial charge on any atom is -0.481 e. The van der Waals surface area contributed by atoms with Gasteiger partial charge in [0.1, 0.15) is 0 Å². The van der Waals surface area contributed by atoms with E-state index in [0.29, 0.717) is 24.9 Å². The fourth-order valence-electron chi connectivity index (χ4n) is 3.76. The molecule has 6 heteroatoms. The second-order valence-corrected chi connectivity index (χ2v) is 8.05. The number of carbonyl (C=O) groups is 3. The van der Waals surface area contributed by atoms with Gasteiger partial charge in [-0.1, -0.05) is 38.8 Å². The van der Waals surface area contributed by atoms with Crippen LogP contribution in [0.2, 0.25) is 0 Å². The lowest BCUT2D eigenvalue weighted by atomic mass is 9.73. The summed E-state index contributed by atoms with van der Waals surface area (Å²) in [6.45, 7) is 6.03. The fourth-order valence-corrected chi connectivity index (χ4v) is 3.76. The molecule has 6 nitrogen and oxygen atoms in total. The Hall–Kier alpha value is -2.37. The summed E-state index contributed by atoms with van der Waals surface area (Å²) in [4.78, 5) is 37.8. The SMILES string of the molecule is CC(C)C(=O)N(C)Cc1ccc(C(=O)NC2(C)CCCCC2C(=O)O)cc1. The van der Waals surface area contributed by atoms with Crippen LogP contribution in [0.3, 0.4) is 0 Å². The van der Waals surface area contributed by atoms with Crippen molar-refractivity contribution in [2.45, 2.75) is 58.5 Å². The number of carbonyl (C=O) groups excluding carboxylic acids is 2. The van der Waals surface area contributed by atoms with Crippen LogP contribution in [0.25, 0.3) is 0 Å². The van der Waals surface area contributed by atoms with E-state index in [9.17, 15) is 19.5 Å². The van der Waals surface area contributed by atoms with Crippen molar-refractivity contribution < 1.29 is 19.5 Å². The fraction of sp³-hybridized carbons (Fsp3) is 0.571. The van der Waals surface area contributed by atoms with Crippen LogP contribution in [0.5, 0.6) is 0 Å². The third-order valence-electron chi connectivity index (χ3n) is 5.41. The molecule has 0 aromatic heterocycles. The van der Waals surface area contributed by atoms with E-state index in [-0.39, 0.29) is 17.7 Å². The second kappa shape index (κ2) is 8.55. The van der Waals surface area contributed by atoms with Gasteiger partial charge in [0.15, 0.2) is 0 Å². The number of nitrogens with one attached hydrogen (secondary N) is 1. The monoisotopic (exact) mass is 374 g/mol. The molecule has 2 unspecified atom stereocenters. The zero-order valence-electron chi connectivity index (χ0n) is 16.6. The molecule has 2 N–H and O–H groups in total. The molecule has 1 fully saturated rings. The number of hydrogen-bond donors (Lipinski definition) is 2. The normalized spacial score (nSPS) is 22.3. The Morgan fingerprint density at radius 2 is 1.85 bits per heavy atom. The Morgan fingerprint density at radius 1 is 1.22 bits per heavy atom. The molecule has 1 aliphatic rings. The maximum atomic E-state index is 12.6. The zero-order valence-corrected chi connectivity index (χ0v) is 16.6. The number of rotatable bonds is 6. The molecule has 27 heavy (non-hydrogen) atoms. The highest BCUT2D eigenvalue weighted by molar-refractivity contribution is 5.95. The van der Waals surface area contributed by atoms with E-state index in [1.165, 1.54) is 0 Å². The topological polar surface area (TPSA) is 86.7 Å². The molecular weight excluding hydrogens is 344 g/mol. The number of carboxylic acids is 1. The van der Waals surface area contributed by atoms with Crippen molar-refractivity contribution in [2.75, 3.05) is 7.05 Å². The zero-order chi connectivity index (χ0) is 20.2. The molecule has 0 heterocycles. The Morgan fingerprint density at radius 3 is 2.41 bits per heavy atom. The quantitative estimate of drug-likeness (QED) is 0.801. The molecule has 1 aromatic rings. The molecule has 0 spiro atoms. The van der Waals surface area contributed by atoms with Crippen molar-refractivity contribution in [1.82, 2.24) is 10.2 Å². The van der Waals surface area contributed by atoms with E-state index in [1.807, 2.05) is 32.9 Å². The first kappa shape index (κ1) is 20.9. The molecule has 148 valence electrons. The Labute approximate surface area is 160 Å². The molecule has 0 aliphatic heterocycles. The van der Waals surface area contributed by atoms with Crippen LogP contribution in [0, 0.1) is 11.8 Å². The average Bonchev–Trinajstić information content (AvgIpc) is 2.61. The number of hydrogen-bond acceptors (Lipinski definition) is 3. The predicted molar refractivity (Wildman–Crippen MR) is 103 cm³/mol. The molecule has 1 saturated carbocycles. The van der Waals surface area contributed by atoms with Crippen LogP contribution in [0.1, 0.15) is 62.4 Å². The molecule has 2 atom stereocenters. The maximum absolute atomic E-state index is 12.6. The Balaban J connectivity index is 2.05. The number of benzene rings is 1. The van der Waals surface area contributed by atoms with E-state index < -0.39 is 17.4 Å². The first-order valence-electron chi connectivity index (χ1n) is 9.53. The minimum absolute atomic E-state index is 0.0570. The number of nitrogens with zero attached hydrogens (tertiary/aromatic N) is 1. The summed E-state index contributed by atoms with van der Waals surface area (Å²) in [5.41, 5.74) is 0.701. The van der Waals surface area contributed by atoms with Crippen molar-refractivity contribution in [2.24, 2.45) is 11.8 Å². The van der Waals surface area contributed by atoms with Crippen LogP contribution < -0.4 is 5.32 Å². The Kier molecular flexibility index (Phi) is 6.63. The highest BCUT2D eigenvalue weighted by Gasteiger charge is 2.42. The van der Waals surface area contributed by atoms with Crippen molar-refractivity contribution in [3.8, 4) is 0 Å². The van der Waals surface area contributed by atoms with E-state index in [4.69, 9.17) is 0 Å². The highest BCUT2D eigenvalue weighted by atomic mass is 16.4. The van der Waals surface area contributed by atoms with Gasteiger partial charge in [-0.2, -0.15) is 0 Å². The lowest BCUT2D eigenvalue weighted by Gasteiger charge is -2.39. The molecule has 2 rings (SSSR count). The number of aliphatic carboxylic acids is 1. The van der Waals surface area contributed by atoms with Gasteiger partial charge >= 0.3 is 5.97 Å².